The zero-order chi connectivity index (χ0) is 10.4. The molecule has 14 heavy (non-hydrogen) atoms. The van der Waals surface area contributed by atoms with Crippen LogP contribution in [0.1, 0.15) is 38.5 Å². The van der Waals surface area contributed by atoms with Gasteiger partial charge in [-0.1, -0.05) is 19.3 Å². The monoisotopic (exact) mass is 218 g/mol. The zero-order valence-electron chi connectivity index (χ0n) is 8.66. The van der Waals surface area contributed by atoms with Gasteiger partial charge in [0.05, 0.1) is 13.5 Å². The van der Waals surface area contributed by atoms with E-state index in [2.05, 4.69) is 4.74 Å². The minimum absolute atomic E-state index is 0.255. The van der Waals surface area contributed by atoms with Crippen LogP contribution < -0.4 is 0 Å². The molecule has 82 valence electrons. The van der Waals surface area contributed by atoms with E-state index in [1.165, 1.54) is 26.4 Å². The number of rotatable bonds is 4. The van der Waals surface area contributed by atoms with Crippen molar-refractivity contribution < 1.29 is 13.7 Å². The van der Waals surface area contributed by atoms with Crippen LogP contribution in [0, 0.1) is 0 Å². The van der Waals surface area contributed by atoms with E-state index in [-0.39, 0.29) is 5.97 Å². The highest BCUT2D eigenvalue weighted by molar-refractivity contribution is 7.85. The van der Waals surface area contributed by atoms with Gasteiger partial charge in [0, 0.05) is 21.8 Å². The lowest BCUT2D eigenvalue weighted by molar-refractivity contribution is -0.140. The van der Waals surface area contributed by atoms with Crippen molar-refractivity contribution >= 4 is 16.8 Å². The molecule has 0 aliphatic heterocycles. The number of esters is 1. The Kier molecular flexibility index (Phi) is 5.15. The van der Waals surface area contributed by atoms with Crippen LogP contribution in [0.3, 0.4) is 0 Å². The van der Waals surface area contributed by atoms with Crippen molar-refractivity contribution in [2.24, 2.45) is 0 Å². The third-order valence-electron chi connectivity index (χ3n) is 2.66. The van der Waals surface area contributed by atoms with Crippen LogP contribution in [0.5, 0.6) is 0 Å². The molecule has 0 heterocycles. The Morgan fingerprint density at radius 1 is 1.36 bits per heavy atom. The van der Waals surface area contributed by atoms with Crippen LogP contribution in [-0.2, 0) is 20.3 Å². The van der Waals surface area contributed by atoms with E-state index < -0.39 is 10.8 Å². The van der Waals surface area contributed by atoms with Gasteiger partial charge in [-0.3, -0.25) is 9.00 Å². The van der Waals surface area contributed by atoms with E-state index in [1.807, 2.05) is 0 Å². The van der Waals surface area contributed by atoms with E-state index in [4.69, 9.17) is 0 Å². The Morgan fingerprint density at radius 3 is 2.57 bits per heavy atom. The third-order valence-corrected chi connectivity index (χ3v) is 4.48. The molecule has 0 N–H and O–H groups in total. The van der Waals surface area contributed by atoms with Crippen LogP contribution in [-0.4, -0.2) is 28.3 Å². The number of carbonyl (C=O) groups excluding carboxylic acids is 1. The summed E-state index contributed by atoms with van der Waals surface area (Å²) < 4.78 is 16.2. The van der Waals surface area contributed by atoms with Crippen molar-refractivity contribution in [3.63, 3.8) is 0 Å². The summed E-state index contributed by atoms with van der Waals surface area (Å²) in [5, 5.41) is 0.327. The van der Waals surface area contributed by atoms with Crippen molar-refractivity contribution in [1.82, 2.24) is 0 Å². The fourth-order valence-corrected chi connectivity index (χ4v) is 3.34. The van der Waals surface area contributed by atoms with Gasteiger partial charge < -0.3 is 4.74 Å². The molecule has 1 unspecified atom stereocenters. The largest absolute Gasteiger partial charge is 0.469 e. The van der Waals surface area contributed by atoms with Crippen molar-refractivity contribution in [2.45, 2.75) is 43.8 Å². The number of hydrogen-bond donors (Lipinski definition) is 0. The summed E-state index contributed by atoms with van der Waals surface area (Å²) in [6, 6.07) is 0. The molecule has 0 aromatic rings. The van der Waals surface area contributed by atoms with Gasteiger partial charge in [0.15, 0.2) is 0 Å². The highest BCUT2D eigenvalue weighted by Gasteiger charge is 2.20. The molecule has 3 nitrogen and oxygen atoms in total. The first-order valence-corrected chi connectivity index (χ1v) is 6.56. The van der Waals surface area contributed by atoms with E-state index in [0.717, 1.165) is 12.8 Å². The summed E-state index contributed by atoms with van der Waals surface area (Å²) in [5.41, 5.74) is 0. The number of hydrogen-bond acceptors (Lipinski definition) is 3. The lowest BCUT2D eigenvalue weighted by Crippen LogP contribution is -2.22. The molecule has 1 rings (SSSR count). The molecule has 0 bridgehead atoms. The Bertz CT molecular complexity index is 209. The number of ether oxygens (including phenoxy) is 1. The molecule has 0 aromatic heterocycles. The third kappa shape index (κ3) is 3.78. The predicted octanol–water partition coefficient (Wildman–Crippen LogP) is 1.63. The molecule has 1 aliphatic carbocycles. The van der Waals surface area contributed by atoms with Gasteiger partial charge in [-0.15, -0.1) is 0 Å². The Morgan fingerprint density at radius 2 is 2.00 bits per heavy atom. The minimum Gasteiger partial charge on any atom is -0.469 e. The average Bonchev–Trinajstić information content (AvgIpc) is 2.26. The first kappa shape index (κ1) is 11.7. The molecular formula is C10H18O3S. The van der Waals surface area contributed by atoms with E-state index >= 15 is 0 Å². The molecule has 4 heteroatoms. The lowest BCUT2D eigenvalue weighted by atomic mass is 10.0. The molecule has 0 radical (unpaired) electrons. The van der Waals surface area contributed by atoms with Crippen molar-refractivity contribution in [2.75, 3.05) is 12.9 Å². The average molecular weight is 218 g/mol. The van der Waals surface area contributed by atoms with Crippen molar-refractivity contribution in [1.29, 1.82) is 0 Å². The topological polar surface area (TPSA) is 43.4 Å². The van der Waals surface area contributed by atoms with Gasteiger partial charge in [0.2, 0.25) is 0 Å². The summed E-state index contributed by atoms with van der Waals surface area (Å²) in [6.45, 7) is 0. The fraction of sp³-hybridized carbons (Fsp3) is 0.900. The van der Waals surface area contributed by atoms with E-state index in [0.29, 0.717) is 17.4 Å². The SMILES string of the molecule is COC(=O)CCS(=O)C1CCCCC1. The molecule has 0 spiro atoms. The summed E-state index contributed by atoms with van der Waals surface area (Å²) >= 11 is 0. The lowest BCUT2D eigenvalue weighted by Gasteiger charge is -2.20. The molecule has 1 aliphatic rings. The molecule has 0 amide bonds. The van der Waals surface area contributed by atoms with Gasteiger partial charge >= 0.3 is 5.97 Å². The second kappa shape index (κ2) is 6.17. The smallest absolute Gasteiger partial charge is 0.306 e. The maximum absolute atomic E-state index is 11.7. The van der Waals surface area contributed by atoms with E-state index in [1.54, 1.807) is 0 Å². The van der Waals surface area contributed by atoms with Gasteiger partial charge in [-0.25, -0.2) is 0 Å². The Balaban J connectivity index is 2.23. The summed E-state index contributed by atoms with van der Waals surface area (Å²) in [4.78, 5) is 10.8. The molecule has 0 saturated heterocycles. The fourth-order valence-electron chi connectivity index (χ4n) is 1.78. The highest BCUT2D eigenvalue weighted by Crippen LogP contribution is 2.22. The zero-order valence-corrected chi connectivity index (χ0v) is 9.48. The summed E-state index contributed by atoms with van der Waals surface area (Å²) in [7, 11) is 0.537. The molecule has 1 fully saturated rings. The molecular weight excluding hydrogens is 200 g/mol. The maximum Gasteiger partial charge on any atom is 0.306 e. The first-order chi connectivity index (χ1) is 6.74. The Labute approximate surface area is 87.7 Å². The minimum atomic E-state index is -0.829. The quantitative estimate of drug-likeness (QED) is 0.674. The van der Waals surface area contributed by atoms with Crippen LogP contribution in [0.25, 0.3) is 0 Å². The van der Waals surface area contributed by atoms with Gasteiger partial charge in [0.25, 0.3) is 0 Å². The number of methoxy groups -OCH3 is 1. The molecule has 1 saturated carbocycles. The van der Waals surface area contributed by atoms with Crippen LogP contribution in [0.2, 0.25) is 0 Å². The number of carbonyl (C=O) groups is 1. The predicted molar refractivity (Wildman–Crippen MR) is 56.5 cm³/mol. The van der Waals surface area contributed by atoms with Crippen molar-refractivity contribution in [3.05, 3.63) is 0 Å². The normalized spacial score (nSPS) is 20.4. The standard InChI is InChI=1S/C10H18O3S/c1-13-10(11)7-8-14(12)9-5-3-2-4-6-9/h9H,2-8H2,1H3. The second-order valence-electron chi connectivity index (χ2n) is 3.67. The van der Waals surface area contributed by atoms with Crippen molar-refractivity contribution in [3.8, 4) is 0 Å². The molecule has 1 atom stereocenters. The second-order valence-corrected chi connectivity index (χ2v) is 5.51. The highest BCUT2D eigenvalue weighted by atomic mass is 32.2. The van der Waals surface area contributed by atoms with Gasteiger partial charge in [0.1, 0.15) is 0 Å². The van der Waals surface area contributed by atoms with Crippen LogP contribution >= 0.6 is 0 Å². The van der Waals surface area contributed by atoms with Crippen LogP contribution in [0.15, 0.2) is 0 Å². The van der Waals surface area contributed by atoms with Crippen LogP contribution in [0.4, 0.5) is 0 Å². The van der Waals surface area contributed by atoms with Gasteiger partial charge in [-0.05, 0) is 12.8 Å². The van der Waals surface area contributed by atoms with Gasteiger partial charge in [-0.2, -0.15) is 0 Å². The summed E-state index contributed by atoms with van der Waals surface area (Å²) in [5.74, 6) is 0.214. The Hall–Kier alpha value is -0.380. The molecule has 0 aromatic carbocycles. The van der Waals surface area contributed by atoms with E-state index in [9.17, 15) is 9.00 Å². The first-order valence-electron chi connectivity index (χ1n) is 5.18. The summed E-state index contributed by atoms with van der Waals surface area (Å²) in [6.07, 6.45) is 6.06. The maximum atomic E-state index is 11.7.